The average Bonchev–Trinajstić information content (AvgIpc) is 2.64. The number of hydrogen-bond donors (Lipinski definition) is 0. The third kappa shape index (κ3) is 0.651. The highest BCUT2D eigenvalue weighted by Crippen LogP contribution is 2.66. The summed E-state index contributed by atoms with van der Waals surface area (Å²) in [5, 5.41) is 0. The number of fused-ring (bicyclic) bond motifs is 1. The molecule has 2 aliphatic carbocycles. The van der Waals surface area contributed by atoms with Crippen molar-refractivity contribution in [1.29, 1.82) is 0 Å². The van der Waals surface area contributed by atoms with E-state index in [2.05, 4.69) is 6.92 Å². The molecule has 3 atom stereocenters. The first-order valence-electron chi connectivity index (χ1n) is 4.31. The van der Waals surface area contributed by atoms with Gasteiger partial charge >= 0.3 is 0 Å². The Labute approximate surface area is 67.9 Å². The van der Waals surface area contributed by atoms with Crippen LogP contribution >= 0.6 is 0 Å². The van der Waals surface area contributed by atoms with Gasteiger partial charge in [0, 0.05) is 20.6 Å². The molecule has 2 fully saturated rings. The molecule has 11 heavy (non-hydrogen) atoms. The van der Waals surface area contributed by atoms with Gasteiger partial charge in [0.1, 0.15) is 5.60 Å². The van der Waals surface area contributed by atoms with E-state index in [-0.39, 0.29) is 11.2 Å². The molecular formula is C9H16O2. The molecule has 0 saturated heterocycles. The Morgan fingerprint density at radius 1 is 1.27 bits per heavy atom. The van der Waals surface area contributed by atoms with Crippen LogP contribution in [0.1, 0.15) is 26.2 Å². The molecule has 0 bridgehead atoms. The Morgan fingerprint density at radius 3 is 2.36 bits per heavy atom. The van der Waals surface area contributed by atoms with Gasteiger partial charge in [-0.15, -0.1) is 0 Å². The molecule has 2 saturated carbocycles. The zero-order valence-corrected chi connectivity index (χ0v) is 7.52. The lowest BCUT2D eigenvalue weighted by Gasteiger charge is -2.19. The monoisotopic (exact) mass is 156 g/mol. The van der Waals surface area contributed by atoms with Crippen molar-refractivity contribution in [3.8, 4) is 0 Å². The van der Waals surface area contributed by atoms with Crippen LogP contribution in [0.15, 0.2) is 0 Å². The zero-order chi connectivity index (χ0) is 8.11. The highest BCUT2D eigenvalue weighted by Gasteiger charge is 2.74. The van der Waals surface area contributed by atoms with Crippen molar-refractivity contribution in [3.05, 3.63) is 0 Å². The zero-order valence-electron chi connectivity index (χ0n) is 7.52. The molecule has 0 spiro atoms. The van der Waals surface area contributed by atoms with Gasteiger partial charge in [-0.05, 0) is 18.8 Å². The fourth-order valence-electron chi connectivity index (χ4n) is 2.79. The van der Waals surface area contributed by atoms with E-state index in [0.29, 0.717) is 5.92 Å². The smallest absolute Gasteiger partial charge is 0.102 e. The third-order valence-corrected chi connectivity index (χ3v) is 3.73. The lowest BCUT2D eigenvalue weighted by atomic mass is 10.0. The van der Waals surface area contributed by atoms with Crippen molar-refractivity contribution in [3.63, 3.8) is 0 Å². The standard InChI is InChI=1S/C9H16O2/c1-7-4-5-8(10-2)6-9(7,8)11-3/h7H,4-6H2,1-3H3. The Hall–Kier alpha value is -0.0800. The van der Waals surface area contributed by atoms with Gasteiger partial charge in [0.05, 0.1) is 5.60 Å². The molecule has 2 heteroatoms. The molecule has 0 aliphatic heterocycles. The molecule has 2 nitrogen and oxygen atoms in total. The third-order valence-electron chi connectivity index (χ3n) is 3.73. The fourth-order valence-corrected chi connectivity index (χ4v) is 2.79. The number of ether oxygens (including phenoxy) is 2. The van der Waals surface area contributed by atoms with Gasteiger partial charge in [-0.3, -0.25) is 0 Å². The summed E-state index contributed by atoms with van der Waals surface area (Å²) in [5.74, 6) is 0.674. The van der Waals surface area contributed by atoms with Gasteiger partial charge in [0.2, 0.25) is 0 Å². The van der Waals surface area contributed by atoms with Crippen molar-refractivity contribution in [1.82, 2.24) is 0 Å². The lowest BCUT2D eigenvalue weighted by Crippen LogP contribution is -2.28. The normalized spacial score (nSPS) is 54.3. The van der Waals surface area contributed by atoms with Crippen LogP contribution in [0.2, 0.25) is 0 Å². The highest BCUT2D eigenvalue weighted by molar-refractivity contribution is 5.26. The lowest BCUT2D eigenvalue weighted by molar-refractivity contribution is -0.0318. The Morgan fingerprint density at radius 2 is 2.00 bits per heavy atom. The molecule has 2 rings (SSSR count). The van der Waals surface area contributed by atoms with E-state index < -0.39 is 0 Å². The second-order valence-corrected chi connectivity index (χ2v) is 3.91. The summed E-state index contributed by atoms with van der Waals surface area (Å²) in [5.41, 5.74) is 0.183. The first-order chi connectivity index (χ1) is 5.21. The number of methoxy groups -OCH3 is 2. The van der Waals surface area contributed by atoms with E-state index in [9.17, 15) is 0 Å². The quantitative estimate of drug-likeness (QED) is 0.604. The maximum atomic E-state index is 5.55. The molecule has 64 valence electrons. The molecule has 0 aromatic rings. The van der Waals surface area contributed by atoms with Gasteiger partial charge < -0.3 is 9.47 Å². The van der Waals surface area contributed by atoms with Crippen LogP contribution in [-0.2, 0) is 9.47 Å². The molecule has 0 aromatic heterocycles. The van der Waals surface area contributed by atoms with Crippen molar-refractivity contribution in [2.45, 2.75) is 37.4 Å². The second kappa shape index (κ2) is 1.99. The van der Waals surface area contributed by atoms with Crippen LogP contribution < -0.4 is 0 Å². The Bertz CT molecular complexity index is 180. The van der Waals surface area contributed by atoms with E-state index in [1.54, 1.807) is 7.11 Å². The predicted molar refractivity (Wildman–Crippen MR) is 42.5 cm³/mol. The fraction of sp³-hybridized carbons (Fsp3) is 1.00. The van der Waals surface area contributed by atoms with Gasteiger partial charge in [-0.25, -0.2) is 0 Å². The van der Waals surface area contributed by atoms with Gasteiger partial charge in [-0.1, -0.05) is 6.92 Å². The average molecular weight is 156 g/mol. The summed E-state index contributed by atoms with van der Waals surface area (Å²) in [6.07, 6.45) is 3.54. The van der Waals surface area contributed by atoms with E-state index in [0.717, 1.165) is 6.42 Å². The van der Waals surface area contributed by atoms with Crippen molar-refractivity contribution in [2.24, 2.45) is 5.92 Å². The van der Waals surface area contributed by atoms with Crippen molar-refractivity contribution >= 4 is 0 Å². The molecule has 0 N–H and O–H groups in total. The summed E-state index contributed by atoms with van der Waals surface area (Å²) < 4.78 is 11.1. The minimum Gasteiger partial charge on any atom is -0.375 e. The molecular weight excluding hydrogens is 140 g/mol. The first-order valence-corrected chi connectivity index (χ1v) is 4.31. The summed E-state index contributed by atoms with van der Waals surface area (Å²) in [6, 6.07) is 0. The van der Waals surface area contributed by atoms with E-state index >= 15 is 0 Å². The maximum absolute atomic E-state index is 5.55. The van der Waals surface area contributed by atoms with E-state index in [1.165, 1.54) is 12.8 Å². The predicted octanol–water partition coefficient (Wildman–Crippen LogP) is 1.59. The maximum Gasteiger partial charge on any atom is 0.102 e. The summed E-state index contributed by atoms with van der Waals surface area (Å²) in [6.45, 7) is 2.26. The molecule has 0 amide bonds. The Balaban J connectivity index is 2.21. The van der Waals surface area contributed by atoms with Gasteiger partial charge in [0.25, 0.3) is 0 Å². The van der Waals surface area contributed by atoms with Crippen LogP contribution in [0.5, 0.6) is 0 Å². The minimum absolute atomic E-state index is 0.0851. The van der Waals surface area contributed by atoms with E-state index in [1.807, 2.05) is 7.11 Å². The van der Waals surface area contributed by atoms with Gasteiger partial charge in [-0.2, -0.15) is 0 Å². The number of rotatable bonds is 2. The largest absolute Gasteiger partial charge is 0.375 e. The van der Waals surface area contributed by atoms with E-state index in [4.69, 9.17) is 9.47 Å². The minimum atomic E-state index is 0.0851. The summed E-state index contributed by atoms with van der Waals surface area (Å²) >= 11 is 0. The Kier molecular flexibility index (Phi) is 1.37. The van der Waals surface area contributed by atoms with Crippen LogP contribution in [-0.4, -0.2) is 25.4 Å². The van der Waals surface area contributed by atoms with Crippen molar-refractivity contribution in [2.75, 3.05) is 14.2 Å². The van der Waals surface area contributed by atoms with Crippen molar-refractivity contribution < 1.29 is 9.47 Å². The first kappa shape index (κ1) is 7.56. The summed E-state index contributed by atoms with van der Waals surface area (Å²) in [7, 11) is 3.61. The molecule has 0 radical (unpaired) electrons. The summed E-state index contributed by atoms with van der Waals surface area (Å²) in [4.78, 5) is 0. The second-order valence-electron chi connectivity index (χ2n) is 3.91. The molecule has 2 aliphatic rings. The van der Waals surface area contributed by atoms with Crippen LogP contribution in [0.4, 0.5) is 0 Å². The topological polar surface area (TPSA) is 18.5 Å². The molecule has 3 unspecified atom stereocenters. The molecule has 0 heterocycles. The highest BCUT2D eigenvalue weighted by atomic mass is 16.6. The number of hydrogen-bond acceptors (Lipinski definition) is 2. The van der Waals surface area contributed by atoms with Gasteiger partial charge in [0.15, 0.2) is 0 Å². The van der Waals surface area contributed by atoms with Crippen LogP contribution in [0, 0.1) is 5.92 Å². The SMILES string of the molecule is COC12CCC(C)C1(OC)C2. The van der Waals surface area contributed by atoms with Crippen LogP contribution in [0.3, 0.4) is 0 Å². The molecule has 0 aromatic carbocycles. The van der Waals surface area contributed by atoms with Crippen LogP contribution in [0.25, 0.3) is 0 Å².